The fraction of sp³-hybridized carbons (Fsp3) is 0.233. The second-order valence-electron chi connectivity index (χ2n) is 9.16. The molecule has 0 saturated carbocycles. The molecule has 194 valence electrons. The molecule has 38 heavy (non-hydrogen) atoms. The Kier molecular flexibility index (Phi) is 7.51. The number of hydrogen-bond acceptors (Lipinski definition) is 7. The van der Waals surface area contributed by atoms with Crippen molar-refractivity contribution in [2.75, 3.05) is 7.11 Å². The normalized spacial score (nSPS) is 11.3. The second kappa shape index (κ2) is 11.1. The van der Waals surface area contributed by atoms with E-state index in [0.29, 0.717) is 34.2 Å². The molecule has 0 saturated heterocycles. The number of hydrogen-bond donors (Lipinski definition) is 0. The van der Waals surface area contributed by atoms with Gasteiger partial charge in [-0.3, -0.25) is 9.36 Å². The lowest BCUT2D eigenvalue weighted by atomic mass is 10.2. The lowest BCUT2D eigenvalue weighted by molar-refractivity contribution is 0.242. The third-order valence-corrected chi connectivity index (χ3v) is 6.99. The molecule has 8 heteroatoms. The van der Waals surface area contributed by atoms with Crippen molar-refractivity contribution in [2.45, 2.75) is 44.3 Å². The number of rotatable bonds is 9. The molecule has 0 fully saturated rings. The highest BCUT2D eigenvalue weighted by Crippen LogP contribution is 2.29. The molecule has 0 spiro atoms. The number of para-hydroxylation sites is 1. The van der Waals surface area contributed by atoms with Gasteiger partial charge < -0.3 is 13.9 Å². The maximum absolute atomic E-state index is 13.5. The van der Waals surface area contributed by atoms with Gasteiger partial charge in [0.15, 0.2) is 5.16 Å². The van der Waals surface area contributed by atoms with Crippen LogP contribution in [0.15, 0.2) is 87.2 Å². The van der Waals surface area contributed by atoms with Crippen LogP contribution in [-0.4, -0.2) is 27.7 Å². The first-order valence-corrected chi connectivity index (χ1v) is 13.4. The summed E-state index contributed by atoms with van der Waals surface area (Å²) < 4.78 is 18.8. The fourth-order valence-corrected chi connectivity index (χ4v) is 5.12. The van der Waals surface area contributed by atoms with E-state index in [0.717, 1.165) is 34.1 Å². The second-order valence-corrected chi connectivity index (χ2v) is 10.1. The van der Waals surface area contributed by atoms with Gasteiger partial charge in [0.25, 0.3) is 5.56 Å². The molecular weight excluding hydrogens is 498 g/mol. The minimum Gasteiger partial charge on any atom is -0.497 e. The molecule has 0 aliphatic heterocycles. The molecule has 5 aromatic rings. The number of aromatic nitrogens is 3. The zero-order valence-corrected chi connectivity index (χ0v) is 22.6. The van der Waals surface area contributed by atoms with E-state index in [1.54, 1.807) is 11.7 Å². The number of aryl methyl sites for hydroxylation is 1. The lowest BCUT2D eigenvalue weighted by Crippen LogP contribution is -2.24. The quantitative estimate of drug-likeness (QED) is 0.160. The van der Waals surface area contributed by atoms with Crippen LogP contribution < -0.4 is 15.0 Å². The highest BCUT2D eigenvalue weighted by atomic mass is 32.2. The minimum absolute atomic E-state index is 0.0813. The number of nitrogens with zero attached hydrogens (tertiary/aromatic N) is 3. The van der Waals surface area contributed by atoms with E-state index < -0.39 is 0 Å². The summed E-state index contributed by atoms with van der Waals surface area (Å²) in [6, 6.07) is 22.9. The van der Waals surface area contributed by atoms with Crippen molar-refractivity contribution in [1.82, 2.24) is 14.5 Å². The molecule has 5 rings (SSSR count). The van der Waals surface area contributed by atoms with Crippen molar-refractivity contribution in [3.05, 3.63) is 100 Å². The molecule has 0 radical (unpaired) electrons. The van der Waals surface area contributed by atoms with Gasteiger partial charge >= 0.3 is 0 Å². The third kappa shape index (κ3) is 5.60. The van der Waals surface area contributed by atoms with E-state index in [-0.39, 0.29) is 11.7 Å². The van der Waals surface area contributed by atoms with Gasteiger partial charge in [-0.05, 0) is 74.9 Å². The van der Waals surface area contributed by atoms with Crippen molar-refractivity contribution >= 4 is 22.7 Å². The highest BCUT2D eigenvalue weighted by Gasteiger charge is 2.16. The monoisotopic (exact) mass is 527 g/mol. The van der Waals surface area contributed by atoms with Gasteiger partial charge in [0.2, 0.25) is 5.89 Å². The first kappa shape index (κ1) is 25.6. The van der Waals surface area contributed by atoms with Crippen LogP contribution in [0.3, 0.4) is 0 Å². The fourth-order valence-electron chi connectivity index (χ4n) is 4.12. The van der Waals surface area contributed by atoms with Gasteiger partial charge in [-0.25, -0.2) is 9.97 Å². The Labute approximate surface area is 225 Å². The van der Waals surface area contributed by atoms with Gasteiger partial charge in [-0.1, -0.05) is 36.0 Å². The number of ether oxygens (including phenoxy) is 2. The summed E-state index contributed by atoms with van der Waals surface area (Å²) in [5, 5.41) is 1.21. The Balaban J connectivity index is 1.43. The van der Waals surface area contributed by atoms with Crippen molar-refractivity contribution in [2.24, 2.45) is 0 Å². The molecule has 0 bridgehead atoms. The van der Waals surface area contributed by atoms with Crippen LogP contribution in [0.1, 0.15) is 30.9 Å². The lowest BCUT2D eigenvalue weighted by Gasteiger charge is -2.13. The van der Waals surface area contributed by atoms with Crippen molar-refractivity contribution in [3.8, 4) is 23.0 Å². The van der Waals surface area contributed by atoms with Gasteiger partial charge in [-0.2, -0.15) is 0 Å². The topological polar surface area (TPSA) is 79.4 Å². The molecule has 0 amide bonds. The summed E-state index contributed by atoms with van der Waals surface area (Å²) in [4.78, 5) is 23.1. The first-order valence-electron chi connectivity index (χ1n) is 12.4. The number of thioether (sulfide) groups is 1. The van der Waals surface area contributed by atoms with E-state index in [2.05, 4.69) is 0 Å². The Morgan fingerprint density at radius 3 is 2.53 bits per heavy atom. The van der Waals surface area contributed by atoms with Crippen LogP contribution in [0, 0.1) is 6.92 Å². The molecule has 0 N–H and O–H groups in total. The third-order valence-electron chi connectivity index (χ3n) is 6.01. The van der Waals surface area contributed by atoms with Gasteiger partial charge in [0.1, 0.15) is 17.3 Å². The van der Waals surface area contributed by atoms with Crippen LogP contribution in [0.4, 0.5) is 0 Å². The molecule has 0 unspecified atom stereocenters. The molecular formula is C30H29N3O4S. The Morgan fingerprint density at radius 2 is 1.76 bits per heavy atom. The molecule has 0 aliphatic rings. The number of oxazole rings is 1. The predicted octanol–water partition coefficient (Wildman–Crippen LogP) is 6.50. The molecule has 0 atom stereocenters. The summed E-state index contributed by atoms with van der Waals surface area (Å²) in [6.07, 6.45) is 0.110. The average molecular weight is 528 g/mol. The maximum Gasteiger partial charge on any atom is 0.262 e. The number of benzene rings is 3. The van der Waals surface area contributed by atoms with Crippen LogP contribution in [0.5, 0.6) is 11.5 Å². The van der Waals surface area contributed by atoms with Crippen LogP contribution in [-0.2, 0) is 12.3 Å². The molecule has 2 aromatic heterocycles. The SMILES string of the molecule is COc1cccc(Cn2c(SCc3nc(-c4ccc(OC(C)C)cc4)oc3C)nc3ccccc3c2=O)c1. The molecule has 7 nitrogen and oxygen atoms in total. The molecule has 2 heterocycles. The molecule has 0 aliphatic carbocycles. The summed E-state index contributed by atoms with van der Waals surface area (Å²) in [5.41, 5.74) is 3.22. The highest BCUT2D eigenvalue weighted by molar-refractivity contribution is 7.98. The van der Waals surface area contributed by atoms with Gasteiger partial charge in [-0.15, -0.1) is 0 Å². The van der Waals surface area contributed by atoms with Gasteiger partial charge in [0, 0.05) is 11.3 Å². The largest absolute Gasteiger partial charge is 0.497 e. The molecule has 3 aromatic carbocycles. The van der Waals surface area contributed by atoms with Gasteiger partial charge in [0.05, 0.1) is 36.4 Å². The average Bonchev–Trinajstić information content (AvgIpc) is 3.29. The van der Waals surface area contributed by atoms with E-state index in [1.807, 2.05) is 93.6 Å². The zero-order chi connectivity index (χ0) is 26.6. The van der Waals surface area contributed by atoms with Crippen LogP contribution in [0.2, 0.25) is 0 Å². The standard InChI is InChI=1S/C30H29N3O4S/c1-19(2)36-23-14-12-22(13-15-23)28-31-27(20(3)37-28)18-38-30-32-26-11-6-5-10-25(26)29(34)33(30)17-21-8-7-9-24(16-21)35-4/h5-16,19H,17-18H2,1-4H3. The smallest absolute Gasteiger partial charge is 0.262 e. The Hall–Kier alpha value is -4.04. The summed E-state index contributed by atoms with van der Waals surface area (Å²) >= 11 is 1.47. The van der Waals surface area contributed by atoms with E-state index >= 15 is 0 Å². The predicted molar refractivity (Wildman–Crippen MR) is 150 cm³/mol. The first-order chi connectivity index (χ1) is 18.4. The van der Waals surface area contributed by atoms with Crippen LogP contribution >= 0.6 is 11.8 Å². The van der Waals surface area contributed by atoms with Crippen molar-refractivity contribution < 1.29 is 13.9 Å². The van der Waals surface area contributed by atoms with E-state index in [1.165, 1.54) is 11.8 Å². The summed E-state index contributed by atoms with van der Waals surface area (Å²) in [6.45, 7) is 6.27. The number of fused-ring (bicyclic) bond motifs is 1. The maximum atomic E-state index is 13.5. The van der Waals surface area contributed by atoms with Crippen molar-refractivity contribution in [1.29, 1.82) is 0 Å². The number of methoxy groups -OCH3 is 1. The van der Waals surface area contributed by atoms with E-state index in [4.69, 9.17) is 23.9 Å². The van der Waals surface area contributed by atoms with Crippen molar-refractivity contribution in [3.63, 3.8) is 0 Å². The minimum atomic E-state index is -0.0813. The zero-order valence-electron chi connectivity index (χ0n) is 21.8. The Bertz CT molecular complexity index is 1620. The van der Waals surface area contributed by atoms with Crippen LogP contribution in [0.25, 0.3) is 22.4 Å². The van der Waals surface area contributed by atoms with E-state index in [9.17, 15) is 4.79 Å². The summed E-state index contributed by atoms with van der Waals surface area (Å²) in [7, 11) is 1.63. The summed E-state index contributed by atoms with van der Waals surface area (Å²) in [5.74, 6) is 3.34. The Morgan fingerprint density at radius 1 is 0.974 bits per heavy atom.